The minimum absolute atomic E-state index is 0.0292. The lowest BCUT2D eigenvalue weighted by atomic mass is 9.92. The molecule has 172 valence electrons. The summed E-state index contributed by atoms with van der Waals surface area (Å²) in [4.78, 5) is 11.0. The van der Waals surface area contributed by atoms with E-state index in [0.29, 0.717) is 35.1 Å². The highest BCUT2D eigenvalue weighted by Crippen LogP contribution is 2.40. The number of hydrogen-bond donors (Lipinski definition) is 1. The zero-order chi connectivity index (χ0) is 22.3. The van der Waals surface area contributed by atoms with Gasteiger partial charge in [-0.15, -0.1) is 5.10 Å². The van der Waals surface area contributed by atoms with Gasteiger partial charge in [0.2, 0.25) is 11.8 Å². The number of aromatic nitrogens is 4. The molecule has 1 aliphatic carbocycles. The van der Waals surface area contributed by atoms with Gasteiger partial charge in [-0.1, -0.05) is 0 Å². The molecule has 1 N–H and O–H groups in total. The highest BCUT2D eigenvalue weighted by molar-refractivity contribution is 5.56. The SMILES string of the molecule is Cc1ncc(N2C[C@H]3CC[C@@H](C2)[C@@H]3Nc2nc3c(OCCCC(F)(F)F)cccn3n2)o1. The van der Waals surface area contributed by atoms with E-state index in [4.69, 9.17) is 9.15 Å². The molecule has 0 radical (unpaired) electrons. The highest BCUT2D eigenvalue weighted by Gasteiger charge is 2.43. The van der Waals surface area contributed by atoms with Crippen LogP contribution in [0.2, 0.25) is 0 Å². The molecule has 0 amide bonds. The van der Waals surface area contributed by atoms with E-state index >= 15 is 0 Å². The van der Waals surface area contributed by atoms with Gasteiger partial charge in [0.25, 0.3) is 0 Å². The maximum Gasteiger partial charge on any atom is 0.389 e. The molecule has 3 atom stereocenters. The summed E-state index contributed by atoms with van der Waals surface area (Å²) in [5, 5.41) is 8.01. The van der Waals surface area contributed by atoms with Gasteiger partial charge in [-0.2, -0.15) is 18.2 Å². The van der Waals surface area contributed by atoms with Crippen LogP contribution in [0.15, 0.2) is 28.9 Å². The van der Waals surface area contributed by atoms with Gasteiger partial charge in [-0.05, 0) is 43.2 Å². The zero-order valence-electron chi connectivity index (χ0n) is 17.7. The number of oxazole rings is 1. The number of piperidine rings is 1. The van der Waals surface area contributed by atoms with Crippen LogP contribution in [0, 0.1) is 18.8 Å². The first kappa shape index (κ1) is 20.9. The van der Waals surface area contributed by atoms with Gasteiger partial charge in [-0.25, -0.2) is 9.50 Å². The largest absolute Gasteiger partial charge is 0.490 e. The molecule has 1 aliphatic heterocycles. The summed E-state index contributed by atoms with van der Waals surface area (Å²) in [6.45, 7) is 3.57. The van der Waals surface area contributed by atoms with Crippen molar-refractivity contribution in [2.24, 2.45) is 11.8 Å². The smallest absolute Gasteiger partial charge is 0.389 e. The number of halogens is 3. The van der Waals surface area contributed by atoms with Crippen molar-refractivity contribution < 1.29 is 22.3 Å². The van der Waals surface area contributed by atoms with Crippen molar-refractivity contribution in [1.82, 2.24) is 19.6 Å². The van der Waals surface area contributed by atoms with Gasteiger partial charge in [0.15, 0.2) is 17.3 Å². The maximum atomic E-state index is 12.3. The molecule has 11 heteroatoms. The van der Waals surface area contributed by atoms with Crippen LogP contribution in [0.4, 0.5) is 25.0 Å². The predicted octanol–water partition coefficient (Wildman–Crippen LogP) is 4.07. The number of ether oxygens (including phenoxy) is 1. The average Bonchev–Trinajstić information content (AvgIpc) is 3.41. The fourth-order valence-electron chi connectivity index (χ4n) is 4.79. The summed E-state index contributed by atoms with van der Waals surface area (Å²) in [6.07, 6.45) is 0.617. The Balaban J connectivity index is 1.25. The van der Waals surface area contributed by atoms with Crippen molar-refractivity contribution in [2.75, 3.05) is 29.9 Å². The van der Waals surface area contributed by atoms with Crippen molar-refractivity contribution in [3.63, 3.8) is 0 Å². The summed E-state index contributed by atoms with van der Waals surface area (Å²) in [5.41, 5.74) is 0.490. The molecule has 1 saturated carbocycles. The quantitative estimate of drug-likeness (QED) is 0.544. The number of pyridine rings is 1. The van der Waals surface area contributed by atoms with Gasteiger partial charge >= 0.3 is 6.18 Å². The Morgan fingerprint density at radius 2 is 2.03 bits per heavy atom. The lowest BCUT2D eigenvalue weighted by Gasteiger charge is -2.37. The molecule has 8 nitrogen and oxygen atoms in total. The molecular weight excluding hydrogens is 425 g/mol. The summed E-state index contributed by atoms with van der Waals surface area (Å²) in [5.74, 6) is 3.28. The molecule has 5 rings (SSSR count). The van der Waals surface area contributed by atoms with Crippen LogP contribution in [0.25, 0.3) is 5.65 Å². The molecule has 0 aromatic carbocycles. The minimum atomic E-state index is -4.18. The van der Waals surface area contributed by atoms with Crippen molar-refractivity contribution in [1.29, 1.82) is 0 Å². The summed E-state index contributed by atoms with van der Waals surface area (Å²) in [6, 6.07) is 3.69. The van der Waals surface area contributed by atoms with Gasteiger partial charge in [0.1, 0.15) is 0 Å². The molecule has 1 saturated heterocycles. The van der Waals surface area contributed by atoms with Crippen LogP contribution in [-0.4, -0.2) is 51.5 Å². The standard InChI is InChI=1S/C21H25F3N6O2/c1-13-25-10-17(32-13)29-11-14-5-6-15(12-29)18(14)26-20-27-19-16(4-2-8-30(19)28-20)31-9-3-7-21(22,23)24/h2,4,8,10,14-15,18H,3,5-7,9,11-12H2,1H3,(H,26,28)/t14-,15+,18-. The Morgan fingerprint density at radius 3 is 2.72 bits per heavy atom. The Hall–Kier alpha value is -2.98. The lowest BCUT2D eigenvalue weighted by molar-refractivity contribution is -0.136. The third kappa shape index (κ3) is 4.33. The molecule has 0 unspecified atom stereocenters. The first-order valence-corrected chi connectivity index (χ1v) is 10.8. The van der Waals surface area contributed by atoms with Crippen LogP contribution < -0.4 is 15.0 Å². The predicted molar refractivity (Wildman–Crippen MR) is 111 cm³/mol. The molecule has 0 spiro atoms. The molecule has 3 aromatic heterocycles. The molecule has 32 heavy (non-hydrogen) atoms. The molecular formula is C21H25F3N6O2. The van der Waals surface area contributed by atoms with Crippen molar-refractivity contribution in [3.8, 4) is 5.75 Å². The van der Waals surface area contributed by atoms with E-state index in [2.05, 4.69) is 25.3 Å². The molecule has 3 aromatic rings. The Kier molecular flexibility index (Phi) is 5.34. The number of alkyl halides is 3. The average molecular weight is 450 g/mol. The van der Waals surface area contributed by atoms with E-state index in [1.807, 2.05) is 6.92 Å². The van der Waals surface area contributed by atoms with Crippen LogP contribution in [-0.2, 0) is 0 Å². The van der Waals surface area contributed by atoms with Crippen LogP contribution in [0.3, 0.4) is 0 Å². The van der Waals surface area contributed by atoms with Gasteiger partial charge in [0, 0.05) is 38.7 Å². The second kappa shape index (κ2) is 8.18. The molecule has 2 bridgehead atoms. The number of nitrogens with zero attached hydrogens (tertiary/aromatic N) is 5. The maximum absolute atomic E-state index is 12.3. The summed E-state index contributed by atoms with van der Waals surface area (Å²) >= 11 is 0. The van der Waals surface area contributed by atoms with E-state index in [9.17, 15) is 13.2 Å². The van der Waals surface area contributed by atoms with Crippen LogP contribution in [0.5, 0.6) is 5.75 Å². The van der Waals surface area contributed by atoms with E-state index in [1.54, 1.807) is 29.0 Å². The molecule has 4 heterocycles. The second-order valence-electron chi connectivity index (χ2n) is 8.53. The number of nitrogens with one attached hydrogen (secondary N) is 1. The van der Waals surface area contributed by atoms with Crippen LogP contribution in [0.1, 0.15) is 31.6 Å². The number of rotatable bonds is 7. The van der Waals surface area contributed by atoms with Gasteiger partial charge < -0.3 is 19.4 Å². The summed E-state index contributed by atoms with van der Waals surface area (Å²) < 4.78 is 49.9. The second-order valence-corrected chi connectivity index (χ2v) is 8.53. The zero-order valence-corrected chi connectivity index (χ0v) is 17.7. The fourth-order valence-corrected chi connectivity index (χ4v) is 4.79. The first-order valence-electron chi connectivity index (χ1n) is 10.8. The van der Waals surface area contributed by atoms with E-state index in [-0.39, 0.29) is 19.1 Å². The summed E-state index contributed by atoms with van der Waals surface area (Å²) in [7, 11) is 0. The molecule has 2 fully saturated rings. The monoisotopic (exact) mass is 450 g/mol. The Bertz CT molecular complexity index is 1070. The number of anilines is 2. The normalized spacial score (nSPS) is 23.1. The van der Waals surface area contributed by atoms with Gasteiger partial charge in [0.05, 0.1) is 12.8 Å². The molecule has 2 aliphatic rings. The van der Waals surface area contributed by atoms with Crippen molar-refractivity contribution in [2.45, 2.75) is 44.8 Å². The van der Waals surface area contributed by atoms with E-state index < -0.39 is 12.6 Å². The third-order valence-corrected chi connectivity index (χ3v) is 6.24. The van der Waals surface area contributed by atoms with Crippen molar-refractivity contribution in [3.05, 3.63) is 30.4 Å². The highest BCUT2D eigenvalue weighted by atomic mass is 19.4. The van der Waals surface area contributed by atoms with E-state index in [0.717, 1.165) is 31.8 Å². The first-order chi connectivity index (χ1) is 15.4. The van der Waals surface area contributed by atoms with E-state index in [1.165, 1.54) is 0 Å². The number of hydrogen-bond acceptors (Lipinski definition) is 7. The topological polar surface area (TPSA) is 80.7 Å². The van der Waals surface area contributed by atoms with Crippen molar-refractivity contribution >= 4 is 17.5 Å². The Labute approximate surface area is 182 Å². The van der Waals surface area contributed by atoms with Gasteiger partial charge in [-0.3, -0.25) is 0 Å². The third-order valence-electron chi connectivity index (χ3n) is 6.24. The van der Waals surface area contributed by atoms with Crippen LogP contribution >= 0.6 is 0 Å². The lowest BCUT2D eigenvalue weighted by Crippen LogP contribution is -2.48. The number of fused-ring (bicyclic) bond motifs is 3. The Morgan fingerprint density at radius 1 is 1.25 bits per heavy atom. The minimum Gasteiger partial charge on any atom is -0.490 e. The fraction of sp³-hybridized carbons (Fsp3) is 0.571. The number of aryl methyl sites for hydroxylation is 1.